The second-order valence-corrected chi connectivity index (χ2v) is 6.37. The van der Waals surface area contributed by atoms with E-state index in [9.17, 15) is 9.59 Å². The number of hydrogen-bond donors (Lipinski definition) is 1. The van der Waals surface area contributed by atoms with E-state index in [-0.39, 0.29) is 17.9 Å². The minimum absolute atomic E-state index is 0.206. The lowest BCUT2D eigenvalue weighted by Crippen LogP contribution is -2.46. The molecule has 0 aliphatic carbocycles. The Labute approximate surface area is 141 Å². The van der Waals surface area contributed by atoms with Crippen molar-refractivity contribution in [1.29, 1.82) is 0 Å². The van der Waals surface area contributed by atoms with Crippen molar-refractivity contribution in [3.8, 4) is 0 Å². The molecule has 1 aromatic heterocycles. The molecule has 1 aliphatic rings. The molecule has 6 nitrogen and oxygen atoms in total. The van der Waals surface area contributed by atoms with E-state index in [1.807, 2.05) is 34.9 Å². The molecule has 126 valence electrons. The number of benzene rings is 1. The summed E-state index contributed by atoms with van der Waals surface area (Å²) in [5, 5.41) is 2.88. The van der Waals surface area contributed by atoms with Gasteiger partial charge in [0, 0.05) is 26.1 Å². The molecular formula is C18H22N4O2. The number of fused-ring (bicyclic) bond motifs is 1. The lowest BCUT2D eigenvalue weighted by atomic mass is 9.96. The van der Waals surface area contributed by atoms with E-state index in [4.69, 9.17) is 0 Å². The molecule has 1 aliphatic heterocycles. The van der Waals surface area contributed by atoms with Gasteiger partial charge in [-0.25, -0.2) is 4.98 Å². The van der Waals surface area contributed by atoms with E-state index >= 15 is 0 Å². The number of amides is 2. The molecule has 1 atom stereocenters. The maximum absolute atomic E-state index is 12.6. The van der Waals surface area contributed by atoms with Crippen LogP contribution in [0.25, 0.3) is 0 Å². The van der Waals surface area contributed by atoms with Gasteiger partial charge < -0.3 is 9.88 Å². The third-order valence-electron chi connectivity index (χ3n) is 4.40. The monoisotopic (exact) mass is 326 g/mol. The number of nitrogens with zero attached hydrogens (tertiary/aromatic N) is 3. The van der Waals surface area contributed by atoms with Gasteiger partial charge in [-0.15, -0.1) is 0 Å². The molecule has 0 bridgehead atoms. The van der Waals surface area contributed by atoms with Crippen molar-refractivity contribution in [2.24, 2.45) is 5.92 Å². The van der Waals surface area contributed by atoms with Crippen LogP contribution in [0.3, 0.4) is 0 Å². The van der Waals surface area contributed by atoms with Crippen molar-refractivity contribution < 1.29 is 9.59 Å². The van der Waals surface area contributed by atoms with Gasteiger partial charge in [-0.1, -0.05) is 30.3 Å². The summed E-state index contributed by atoms with van der Waals surface area (Å²) in [6.07, 6.45) is 2.13. The van der Waals surface area contributed by atoms with Crippen LogP contribution in [0.4, 0.5) is 5.82 Å². The first-order chi connectivity index (χ1) is 11.5. The van der Waals surface area contributed by atoms with Gasteiger partial charge in [-0.05, 0) is 19.4 Å². The Bertz CT molecular complexity index is 752. The van der Waals surface area contributed by atoms with E-state index in [0.717, 1.165) is 11.3 Å². The SMILES string of the molecule is CC(C)n1cnc2c1CC(C(=O)NCc1ccccc1)C(=O)N2C. The zero-order valence-electron chi connectivity index (χ0n) is 14.2. The van der Waals surface area contributed by atoms with Crippen molar-refractivity contribution in [3.63, 3.8) is 0 Å². The van der Waals surface area contributed by atoms with Gasteiger partial charge in [0.15, 0.2) is 5.82 Å². The number of imidazole rings is 1. The van der Waals surface area contributed by atoms with E-state index in [0.29, 0.717) is 18.8 Å². The highest BCUT2D eigenvalue weighted by Gasteiger charge is 2.38. The zero-order chi connectivity index (χ0) is 17.3. The van der Waals surface area contributed by atoms with Crippen LogP contribution in [0.2, 0.25) is 0 Å². The van der Waals surface area contributed by atoms with Gasteiger partial charge in [-0.2, -0.15) is 0 Å². The Morgan fingerprint density at radius 2 is 2.04 bits per heavy atom. The average molecular weight is 326 g/mol. The molecule has 3 rings (SSSR count). The van der Waals surface area contributed by atoms with E-state index in [2.05, 4.69) is 24.1 Å². The molecule has 2 heterocycles. The van der Waals surface area contributed by atoms with Crippen LogP contribution in [0.1, 0.15) is 31.1 Å². The summed E-state index contributed by atoms with van der Waals surface area (Å²) in [6, 6.07) is 9.90. The number of carbonyl (C=O) groups excluding carboxylic acids is 2. The Morgan fingerprint density at radius 1 is 1.33 bits per heavy atom. The largest absolute Gasteiger partial charge is 0.351 e. The minimum atomic E-state index is -0.708. The summed E-state index contributed by atoms with van der Waals surface area (Å²) in [5.41, 5.74) is 1.95. The fourth-order valence-electron chi connectivity index (χ4n) is 3.03. The topological polar surface area (TPSA) is 67.2 Å². The molecule has 1 unspecified atom stereocenters. The summed E-state index contributed by atoms with van der Waals surface area (Å²) in [4.78, 5) is 30.9. The van der Waals surface area contributed by atoms with E-state index in [1.165, 1.54) is 4.90 Å². The molecule has 0 saturated heterocycles. The van der Waals surface area contributed by atoms with Gasteiger partial charge in [0.1, 0.15) is 5.92 Å². The number of hydrogen-bond acceptors (Lipinski definition) is 3. The first-order valence-corrected chi connectivity index (χ1v) is 8.14. The number of aromatic nitrogens is 2. The van der Waals surface area contributed by atoms with Crippen LogP contribution in [0.15, 0.2) is 36.7 Å². The van der Waals surface area contributed by atoms with Gasteiger partial charge in [0.2, 0.25) is 11.8 Å². The highest BCUT2D eigenvalue weighted by Crippen LogP contribution is 2.30. The number of rotatable bonds is 4. The standard InChI is InChI=1S/C18H22N4O2/c1-12(2)22-11-20-16-15(22)9-14(18(24)21(16)3)17(23)19-10-13-7-5-4-6-8-13/h4-8,11-12,14H,9-10H2,1-3H3,(H,19,23). The fourth-order valence-corrected chi connectivity index (χ4v) is 3.03. The van der Waals surface area contributed by atoms with Crippen molar-refractivity contribution in [2.45, 2.75) is 32.9 Å². The van der Waals surface area contributed by atoms with E-state index < -0.39 is 5.92 Å². The predicted molar refractivity (Wildman–Crippen MR) is 91.5 cm³/mol. The highest BCUT2D eigenvalue weighted by atomic mass is 16.2. The highest BCUT2D eigenvalue weighted by molar-refractivity contribution is 6.09. The van der Waals surface area contributed by atoms with Crippen molar-refractivity contribution in [2.75, 3.05) is 11.9 Å². The molecule has 2 amide bonds. The zero-order valence-corrected chi connectivity index (χ0v) is 14.2. The molecule has 2 aromatic rings. The maximum Gasteiger partial charge on any atom is 0.240 e. The van der Waals surface area contributed by atoms with Crippen molar-refractivity contribution in [1.82, 2.24) is 14.9 Å². The summed E-state index contributed by atoms with van der Waals surface area (Å²) in [5.74, 6) is -0.499. The number of anilines is 1. The maximum atomic E-state index is 12.6. The summed E-state index contributed by atoms with van der Waals surface area (Å²) in [6.45, 7) is 4.54. The van der Waals surface area contributed by atoms with Gasteiger partial charge in [0.25, 0.3) is 0 Å². The Balaban J connectivity index is 1.77. The molecule has 1 aromatic carbocycles. The normalized spacial score (nSPS) is 17.1. The number of carbonyl (C=O) groups is 2. The molecule has 24 heavy (non-hydrogen) atoms. The Hall–Kier alpha value is -2.63. The van der Waals surface area contributed by atoms with Crippen LogP contribution >= 0.6 is 0 Å². The van der Waals surface area contributed by atoms with Gasteiger partial charge >= 0.3 is 0 Å². The fraction of sp³-hybridized carbons (Fsp3) is 0.389. The molecule has 0 radical (unpaired) electrons. The van der Waals surface area contributed by atoms with Crippen molar-refractivity contribution >= 4 is 17.6 Å². The van der Waals surface area contributed by atoms with E-state index in [1.54, 1.807) is 13.4 Å². The lowest BCUT2D eigenvalue weighted by Gasteiger charge is -2.29. The van der Waals surface area contributed by atoms with Crippen LogP contribution in [-0.2, 0) is 22.6 Å². The minimum Gasteiger partial charge on any atom is -0.351 e. The van der Waals surface area contributed by atoms with Crippen LogP contribution in [-0.4, -0.2) is 28.4 Å². The second-order valence-electron chi connectivity index (χ2n) is 6.37. The predicted octanol–water partition coefficient (Wildman–Crippen LogP) is 1.92. The molecule has 0 spiro atoms. The first-order valence-electron chi connectivity index (χ1n) is 8.14. The van der Waals surface area contributed by atoms with Crippen LogP contribution in [0, 0.1) is 5.92 Å². The first kappa shape index (κ1) is 16.2. The molecule has 1 N–H and O–H groups in total. The third-order valence-corrected chi connectivity index (χ3v) is 4.40. The number of nitrogens with one attached hydrogen (secondary N) is 1. The lowest BCUT2D eigenvalue weighted by molar-refractivity contribution is -0.134. The quantitative estimate of drug-likeness (QED) is 0.873. The molecule has 6 heteroatoms. The Morgan fingerprint density at radius 3 is 2.71 bits per heavy atom. The van der Waals surface area contributed by atoms with Gasteiger partial charge in [0.05, 0.1) is 12.0 Å². The van der Waals surface area contributed by atoms with Crippen molar-refractivity contribution in [3.05, 3.63) is 47.9 Å². The molecular weight excluding hydrogens is 304 g/mol. The smallest absolute Gasteiger partial charge is 0.240 e. The Kier molecular flexibility index (Phi) is 4.38. The molecule has 0 fully saturated rings. The third kappa shape index (κ3) is 2.91. The second kappa shape index (κ2) is 6.47. The summed E-state index contributed by atoms with van der Waals surface area (Å²) in [7, 11) is 1.68. The van der Waals surface area contributed by atoms with Gasteiger partial charge in [-0.3, -0.25) is 14.5 Å². The van der Waals surface area contributed by atoms with Crippen LogP contribution in [0.5, 0.6) is 0 Å². The molecule has 0 saturated carbocycles. The average Bonchev–Trinajstić information content (AvgIpc) is 3.01. The van der Waals surface area contributed by atoms with Crippen LogP contribution < -0.4 is 10.2 Å². The summed E-state index contributed by atoms with van der Waals surface area (Å²) >= 11 is 0. The summed E-state index contributed by atoms with van der Waals surface area (Å²) < 4.78 is 2.02.